The molecule has 10 nitrogen and oxygen atoms in total. The van der Waals surface area contributed by atoms with Gasteiger partial charge in [-0.3, -0.25) is 15.3 Å². The molecule has 170 valence electrons. The predicted octanol–water partition coefficient (Wildman–Crippen LogP) is 4.15. The quantitative estimate of drug-likeness (QED) is 0.204. The molecule has 0 amide bonds. The molecule has 1 fully saturated rings. The van der Waals surface area contributed by atoms with Gasteiger partial charge in [0.2, 0.25) is 5.82 Å². The molecule has 0 radical (unpaired) electrons. The minimum atomic E-state index is -2.78. The van der Waals surface area contributed by atoms with Gasteiger partial charge in [0.1, 0.15) is 5.82 Å². The van der Waals surface area contributed by atoms with E-state index in [4.69, 9.17) is 9.15 Å². The number of hydroxylamine groups is 1. The molecular weight excluding hydrogens is 494 g/mol. The Balaban J connectivity index is 1.70. The average Bonchev–Trinajstić information content (AvgIpc) is 3.23. The summed E-state index contributed by atoms with van der Waals surface area (Å²) in [6.07, 6.45) is 1.90. The van der Waals surface area contributed by atoms with Crippen LogP contribution in [-0.4, -0.2) is 57.9 Å². The second-order valence-corrected chi connectivity index (χ2v) is 10.5. The van der Waals surface area contributed by atoms with Crippen molar-refractivity contribution in [3.05, 3.63) is 34.2 Å². The van der Waals surface area contributed by atoms with Gasteiger partial charge in [0.05, 0.1) is 16.8 Å². The van der Waals surface area contributed by atoms with E-state index in [1.807, 2.05) is 24.0 Å². The third-order valence-electron chi connectivity index (χ3n) is 4.94. The summed E-state index contributed by atoms with van der Waals surface area (Å²) in [5.74, 6) is -0.124. The van der Waals surface area contributed by atoms with Crippen molar-refractivity contribution in [3.63, 3.8) is 0 Å². The first-order valence-electron chi connectivity index (χ1n) is 9.92. The number of amidine groups is 1. The number of nitrogens with one attached hydrogen (secondary N) is 2. The molecule has 13 heteroatoms. The number of anilines is 1. The average molecular weight is 519 g/mol. The molecule has 1 aliphatic rings. The highest BCUT2D eigenvalue weighted by atomic mass is 79.9. The second-order valence-electron chi connectivity index (χ2n) is 6.88. The third-order valence-corrected chi connectivity index (χ3v) is 8.27. The lowest BCUT2D eigenvalue weighted by atomic mass is 10.1. The zero-order chi connectivity index (χ0) is 22.4. The van der Waals surface area contributed by atoms with Crippen LogP contribution in [0.4, 0.5) is 15.9 Å². The smallest absolute Gasteiger partial charge is 0.272 e. The van der Waals surface area contributed by atoms with Gasteiger partial charge in [-0.05, 0) is 64.2 Å². The topological polar surface area (TPSA) is 125 Å². The Kier molecular flexibility index (Phi) is 8.17. The lowest BCUT2D eigenvalue weighted by molar-refractivity contribution is 0.234. The second kappa shape index (κ2) is 10.6. The highest BCUT2D eigenvalue weighted by Gasteiger charge is 2.33. The maximum atomic E-state index is 13.4. The fourth-order valence-corrected chi connectivity index (χ4v) is 5.69. The molecule has 1 aromatic heterocycles. The molecule has 1 aliphatic heterocycles. The fourth-order valence-electron chi connectivity index (χ4n) is 3.34. The summed E-state index contributed by atoms with van der Waals surface area (Å²) in [4.78, 5) is 4.25. The molecule has 1 atom stereocenters. The van der Waals surface area contributed by atoms with Crippen LogP contribution in [0.25, 0.3) is 0 Å². The van der Waals surface area contributed by atoms with Crippen molar-refractivity contribution in [2.75, 3.05) is 31.2 Å². The lowest BCUT2D eigenvalue weighted by Gasteiger charge is -2.36. The number of nitrogens with zero attached hydrogens (tertiary/aromatic N) is 4. The molecule has 3 rings (SSSR count). The van der Waals surface area contributed by atoms with Gasteiger partial charge in [0.25, 0.3) is 7.52 Å². The molecule has 1 aromatic carbocycles. The van der Waals surface area contributed by atoms with Crippen LogP contribution in [0.3, 0.4) is 0 Å². The lowest BCUT2D eigenvalue weighted by Crippen LogP contribution is -2.38. The van der Waals surface area contributed by atoms with Crippen molar-refractivity contribution in [2.24, 2.45) is 4.99 Å². The van der Waals surface area contributed by atoms with E-state index in [1.165, 1.54) is 18.2 Å². The number of hydrogen-bond acceptors (Lipinski definition) is 8. The van der Waals surface area contributed by atoms with E-state index < -0.39 is 13.3 Å². The van der Waals surface area contributed by atoms with Crippen molar-refractivity contribution in [1.29, 1.82) is 0 Å². The molecule has 0 spiro atoms. The van der Waals surface area contributed by atoms with Crippen molar-refractivity contribution in [2.45, 2.75) is 32.7 Å². The van der Waals surface area contributed by atoms with Crippen LogP contribution >= 0.6 is 23.4 Å². The van der Waals surface area contributed by atoms with Crippen LogP contribution in [0.2, 0.25) is 0 Å². The van der Waals surface area contributed by atoms with Gasteiger partial charge < -0.3 is 9.84 Å². The summed E-state index contributed by atoms with van der Waals surface area (Å²) in [7, 11) is -2.78. The summed E-state index contributed by atoms with van der Waals surface area (Å²) < 4.78 is 38.9. The number of rotatable bonds is 8. The fraction of sp³-hybridized carbons (Fsp3) is 0.500. The minimum absolute atomic E-state index is 0.00785. The van der Waals surface area contributed by atoms with E-state index in [2.05, 4.69) is 36.6 Å². The number of aliphatic imine (C=N–C) groups is 1. The molecule has 31 heavy (non-hydrogen) atoms. The highest BCUT2D eigenvalue weighted by Crippen LogP contribution is 2.51. The van der Waals surface area contributed by atoms with Crippen molar-refractivity contribution < 1.29 is 23.3 Å². The van der Waals surface area contributed by atoms with Gasteiger partial charge in [-0.25, -0.2) is 18.7 Å². The number of aromatic nitrogens is 2. The summed E-state index contributed by atoms with van der Waals surface area (Å²) in [5.41, 5.74) is 2.56. The monoisotopic (exact) mass is 518 g/mol. The molecule has 2 heterocycles. The van der Waals surface area contributed by atoms with Crippen molar-refractivity contribution in [1.82, 2.24) is 20.5 Å². The van der Waals surface area contributed by atoms with Gasteiger partial charge in [-0.2, -0.15) is 0 Å². The van der Waals surface area contributed by atoms with Crippen LogP contribution in [0, 0.1) is 5.82 Å². The van der Waals surface area contributed by atoms with E-state index in [9.17, 15) is 14.2 Å². The maximum Gasteiger partial charge on any atom is 0.272 e. The molecule has 0 bridgehead atoms. The number of benzene rings is 1. The summed E-state index contributed by atoms with van der Waals surface area (Å²) in [5, 5.41) is 20.5. The standard InChI is InChI=1S/C18H25BrFN6O4P/c1-3-29-31(28,4-2)26-9-7-12(8-10-26)21-18-16(24-30-25-18)17(23-27)22-13-5-6-15(20)14(19)11-13/h5-6,11-12,27H,3-4,7-10H2,1-2H3,(H,21,25)(H,22,23). The zero-order valence-electron chi connectivity index (χ0n) is 17.2. The van der Waals surface area contributed by atoms with Gasteiger partial charge >= 0.3 is 0 Å². The van der Waals surface area contributed by atoms with E-state index in [0.717, 1.165) is 0 Å². The molecule has 3 N–H and O–H groups in total. The molecular formula is C18H25BrFN6O4P. The maximum absolute atomic E-state index is 13.4. The molecule has 2 aromatic rings. The van der Waals surface area contributed by atoms with Crippen LogP contribution < -0.4 is 10.8 Å². The van der Waals surface area contributed by atoms with Crippen molar-refractivity contribution in [3.8, 4) is 0 Å². The van der Waals surface area contributed by atoms with Gasteiger partial charge in [-0.15, -0.1) is 0 Å². The van der Waals surface area contributed by atoms with E-state index >= 15 is 0 Å². The van der Waals surface area contributed by atoms with Gasteiger partial charge in [0.15, 0.2) is 11.5 Å². The van der Waals surface area contributed by atoms with E-state index in [-0.39, 0.29) is 22.0 Å². The Morgan fingerprint density at radius 1 is 1.42 bits per heavy atom. The molecule has 1 unspecified atom stereocenters. The van der Waals surface area contributed by atoms with E-state index in [0.29, 0.717) is 50.2 Å². The Morgan fingerprint density at radius 3 is 2.77 bits per heavy atom. The highest BCUT2D eigenvalue weighted by molar-refractivity contribution is 9.10. The van der Waals surface area contributed by atoms with Crippen molar-refractivity contribution >= 4 is 40.8 Å². The van der Waals surface area contributed by atoms with Crippen LogP contribution in [0.15, 0.2) is 32.3 Å². The Bertz CT molecular complexity index is 966. The Labute approximate surface area is 187 Å². The first-order valence-corrected chi connectivity index (χ1v) is 12.5. The Hall–Kier alpha value is -1.85. The molecule has 1 saturated heterocycles. The SMILES string of the molecule is CCOP(=O)(CC)N1CCC(Nc2nonc2C(=Nc2ccc(F)c(Br)c2)NO)CC1. The van der Waals surface area contributed by atoms with Gasteiger partial charge in [0, 0.05) is 25.3 Å². The van der Waals surface area contributed by atoms with Crippen LogP contribution in [0.1, 0.15) is 32.4 Å². The number of piperidine rings is 1. The van der Waals surface area contributed by atoms with Gasteiger partial charge in [-0.1, -0.05) is 6.92 Å². The zero-order valence-corrected chi connectivity index (χ0v) is 19.7. The first kappa shape index (κ1) is 23.8. The molecule has 0 aliphatic carbocycles. The summed E-state index contributed by atoms with van der Waals surface area (Å²) >= 11 is 3.10. The predicted molar refractivity (Wildman–Crippen MR) is 118 cm³/mol. The largest absolute Gasteiger partial charge is 0.362 e. The normalized spacial score (nSPS) is 18.0. The minimum Gasteiger partial charge on any atom is -0.362 e. The number of hydrogen-bond donors (Lipinski definition) is 3. The van der Waals surface area contributed by atoms with E-state index in [1.54, 1.807) is 0 Å². The van der Waals surface area contributed by atoms with Crippen LogP contribution in [0.5, 0.6) is 0 Å². The summed E-state index contributed by atoms with van der Waals surface area (Å²) in [6, 6.07) is 4.21. The first-order chi connectivity index (χ1) is 14.9. The number of halogens is 2. The van der Waals surface area contributed by atoms with Crippen LogP contribution in [-0.2, 0) is 9.09 Å². The molecule has 0 saturated carbocycles. The third kappa shape index (κ3) is 5.69. The summed E-state index contributed by atoms with van der Waals surface area (Å²) in [6.45, 7) is 5.36. The Morgan fingerprint density at radius 2 is 2.16 bits per heavy atom.